The van der Waals surface area contributed by atoms with Crippen LogP contribution in [0.25, 0.3) is 0 Å². The third-order valence-electron chi connectivity index (χ3n) is 22.7. The molecule has 30 heavy (non-hydrogen) atoms. The van der Waals surface area contributed by atoms with E-state index in [2.05, 4.69) is 0 Å². The molecule has 0 aliphatic heterocycles. The molecule has 0 bridgehead atoms. The van der Waals surface area contributed by atoms with Crippen LogP contribution in [0.5, 0.6) is 0 Å². The van der Waals surface area contributed by atoms with E-state index < -0.39 is 0 Å². The molecule has 146 valence electrons. The second-order valence-corrected chi connectivity index (χ2v) is 18.2. The number of hydrogen-bond acceptors (Lipinski definition) is 0. The lowest BCUT2D eigenvalue weighted by Crippen LogP contribution is -3.33. The lowest BCUT2D eigenvalue weighted by molar-refractivity contribution is -0.897. The fraction of sp³-hybridized carbons (Fsp3) is 1.00. The van der Waals surface area contributed by atoms with E-state index in [4.69, 9.17) is 0 Å². The number of fused-ring (bicyclic) bond motifs is 14. The van der Waals surface area contributed by atoms with Gasteiger partial charge in [0.1, 0.15) is 0 Å². The van der Waals surface area contributed by atoms with Crippen molar-refractivity contribution >= 4 is 0 Å². The van der Waals surface area contributed by atoms with Gasteiger partial charge < -0.3 is 0 Å². The molecule has 0 aromatic rings. The average molecular weight is 387 g/mol. The fourth-order valence-electron chi connectivity index (χ4n) is 26.2. The van der Waals surface area contributed by atoms with Gasteiger partial charge in [-0.2, -0.15) is 0 Å². The van der Waals surface area contributed by atoms with Crippen molar-refractivity contribution in [2.45, 2.75) is 25.7 Å². The molecule has 0 nitrogen and oxygen atoms in total. The molecule has 0 heteroatoms. The van der Waals surface area contributed by atoms with Crippen LogP contribution in [0.1, 0.15) is 25.7 Å². The normalized spacial score (nSPS) is 119. The molecule has 0 amide bonds. The summed E-state index contributed by atoms with van der Waals surface area (Å²) in [4.78, 5) is 0. The van der Waals surface area contributed by atoms with Crippen LogP contribution in [0.4, 0.5) is 0 Å². The summed E-state index contributed by atoms with van der Waals surface area (Å²) < 4.78 is 0. The summed E-state index contributed by atoms with van der Waals surface area (Å²) in [7, 11) is 0. The predicted octanol–water partition coefficient (Wildman–Crippen LogP) is 3.77. The first-order chi connectivity index (χ1) is 14.9. The number of rotatable bonds is 0. The summed E-state index contributed by atoms with van der Waals surface area (Å²) in [5, 5.41) is 0. The van der Waals surface area contributed by atoms with Crippen LogP contribution in [0, 0.1) is 150 Å². The van der Waals surface area contributed by atoms with Gasteiger partial charge in [-0.15, -0.1) is 0 Å². The van der Waals surface area contributed by atoms with E-state index in [0.29, 0.717) is 0 Å². The molecule has 0 aromatic heterocycles. The first-order valence-electron chi connectivity index (χ1n) is 14.9. The van der Waals surface area contributed by atoms with Crippen LogP contribution in [0.3, 0.4) is 0 Å². The summed E-state index contributed by atoms with van der Waals surface area (Å²) in [5.41, 5.74) is 8.75. The minimum Gasteiger partial charge on any atom is -0.0461 e. The fourth-order valence-corrected chi connectivity index (χ4v) is 26.2. The molecule has 18 saturated carbocycles. The van der Waals surface area contributed by atoms with Gasteiger partial charge in [0, 0.05) is 0 Å². The Morgan fingerprint density at radius 1 is 0.300 bits per heavy atom. The predicted molar refractivity (Wildman–Crippen MR) is 101 cm³/mol. The van der Waals surface area contributed by atoms with Gasteiger partial charge in [-0.3, -0.25) is 0 Å². The highest BCUT2D eigenvalue weighted by Gasteiger charge is 3.34. The van der Waals surface area contributed by atoms with Crippen LogP contribution in [0.15, 0.2) is 0 Å². The quantitative estimate of drug-likeness (QED) is 0.594. The Hall–Kier alpha value is 0. The van der Waals surface area contributed by atoms with Crippen molar-refractivity contribution in [3.63, 3.8) is 0 Å². The van der Waals surface area contributed by atoms with Crippen molar-refractivity contribution in [3.05, 3.63) is 0 Å². The van der Waals surface area contributed by atoms with Gasteiger partial charge in [-0.1, -0.05) is 0 Å². The minimum atomic E-state index is 1.08. The van der Waals surface area contributed by atoms with Crippen LogP contribution in [-0.2, 0) is 0 Å². The monoisotopic (exact) mass is 386 g/mol. The molecule has 0 radical (unpaired) electrons. The summed E-state index contributed by atoms with van der Waals surface area (Å²) in [6.45, 7) is 0. The van der Waals surface area contributed by atoms with Crippen molar-refractivity contribution in [2.24, 2.45) is 150 Å². The molecular formula is C30H26. The van der Waals surface area contributed by atoms with Crippen molar-refractivity contribution in [1.82, 2.24) is 0 Å². The zero-order valence-corrected chi connectivity index (χ0v) is 17.2. The summed E-state index contributed by atoms with van der Waals surface area (Å²) >= 11 is 0. The standard InChI is InChI=1S/C30H26/c1-5-2-8-12-16-21-22-18-14-10-4-6-3-9-13-17-20-19-15-11-7(1)23(5,8)25(11,12)27(15,16)29(19,21)30(20,22)28(17,18)26(13,14)24(6,9)10/h5-22H,1-4H2. The highest BCUT2D eigenvalue weighted by atomic mass is 15.4. The maximum atomic E-state index is 1.74. The van der Waals surface area contributed by atoms with Crippen LogP contribution in [-0.4, -0.2) is 0 Å². The zero-order valence-electron chi connectivity index (χ0n) is 17.2. The smallest absolute Gasteiger partial charge is 0.00932 e. The van der Waals surface area contributed by atoms with Gasteiger partial charge >= 0.3 is 0 Å². The van der Waals surface area contributed by atoms with E-state index in [1.807, 2.05) is 0 Å². The molecular weight excluding hydrogens is 360 g/mol. The molecule has 18 aliphatic rings. The molecule has 0 N–H and O–H groups in total. The Morgan fingerprint density at radius 3 is 0.867 bits per heavy atom. The van der Waals surface area contributed by atoms with E-state index in [1.54, 1.807) is 25.7 Å². The van der Waals surface area contributed by atoms with Crippen LogP contribution < -0.4 is 0 Å². The maximum absolute atomic E-state index is 1.74. The molecule has 0 aromatic carbocycles. The maximum Gasteiger partial charge on any atom is -0.00932 e. The Morgan fingerprint density at radius 2 is 0.567 bits per heavy atom. The second-order valence-electron chi connectivity index (χ2n) is 18.2. The summed E-state index contributed by atoms with van der Waals surface area (Å²) in [5.74, 6) is 24.3. The SMILES string of the molecule is C1C2CC3C4C5C6C7C8C9C%10CC%11CC%12C%13C%14C%15C%16C%17C%18C1C23C%184C%175C%166C%157C%148C%139C%11%12%10. The van der Waals surface area contributed by atoms with Crippen LogP contribution in [0.2, 0.25) is 0 Å². The lowest BCUT2D eigenvalue weighted by atomic mass is 8.68. The molecule has 18 aliphatic carbocycles. The number of hydrogen-bond donors (Lipinski definition) is 0. The summed E-state index contributed by atoms with van der Waals surface area (Å²) in [6, 6.07) is 0. The Kier molecular flexibility index (Phi) is 0.770. The molecule has 0 heterocycles. The Balaban J connectivity index is 0.973. The minimum absolute atomic E-state index is 1.08. The van der Waals surface area contributed by atoms with Crippen molar-refractivity contribution < 1.29 is 0 Å². The van der Waals surface area contributed by atoms with Crippen LogP contribution >= 0.6 is 0 Å². The van der Waals surface area contributed by atoms with Gasteiger partial charge in [-0.25, -0.2) is 0 Å². The van der Waals surface area contributed by atoms with Crippen molar-refractivity contribution in [3.8, 4) is 0 Å². The van der Waals surface area contributed by atoms with Gasteiger partial charge in [0.25, 0.3) is 0 Å². The molecule has 0 saturated heterocycles. The van der Waals surface area contributed by atoms with Crippen molar-refractivity contribution in [1.29, 1.82) is 0 Å². The van der Waals surface area contributed by atoms with Gasteiger partial charge in [0.2, 0.25) is 0 Å². The van der Waals surface area contributed by atoms with E-state index in [-0.39, 0.29) is 0 Å². The lowest BCUT2D eigenvalue weighted by Gasteiger charge is -3.35. The van der Waals surface area contributed by atoms with E-state index in [1.165, 1.54) is 107 Å². The van der Waals surface area contributed by atoms with Crippen molar-refractivity contribution in [2.75, 3.05) is 0 Å². The Bertz CT molecular complexity index is 1230. The van der Waals surface area contributed by atoms with Gasteiger partial charge in [0.15, 0.2) is 0 Å². The molecule has 8 spiro atoms. The highest BCUT2D eigenvalue weighted by Crippen LogP contribution is 3.36. The third kappa shape index (κ3) is 0.346. The van der Waals surface area contributed by atoms with E-state index in [9.17, 15) is 0 Å². The molecule has 18 fully saturated rings. The first kappa shape index (κ1) is 11.4. The zero-order chi connectivity index (χ0) is 17.2. The molecule has 16 unspecified atom stereocenters. The van der Waals surface area contributed by atoms with E-state index in [0.717, 1.165) is 43.3 Å². The topological polar surface area (TPSA) is 0 Å². The summed E-state index contributed by atoms with van der Waals surface area (Å²) in [6.07, 6.45) is 6.96. The molecule has 18 rings (SSSR count). The van der Waals surface area contributed by atoms with Gasteiger partial charge in [0.05, 0.1) is 0 Å². The largest absolute Gasteiger partial charge is 0.0461 e. The van der Waals surface area contributed by atoms with Gasteiger partial charge in [-0.05, 0) is 176 Å². The first-order valence-corrected chi connectivity index (χ1v) is 14.9. The van der Waals surface area contributed by atoms with E-state index >= 15 is 0 Å². The highest BCUT2D eigenvalue weighted by molar-refractivity contribution is 5.79. The average Bonchev–Trinajstić information content (AvgIpc) is 2.60. The molecule has 16 atom stereocenters. The third-order valence-corrected chi connectivity index (χ3v) is 22.7. The second kappa shape index (κ2) is 2.02. The Labute approximate surface area is 175 Å².